The van der Waals surface area contributed by atoms with Crippen molar-refractivity contribution in [2.24, 2.45) is 5.73 Å². The van der Waals surface area contributed by atoms with Crippen LogP contribution in [0, 0.1) is 0 Å². The van der Waals surface area contributed by atoms with E-state index in [4.69, 9.17) is 15.2 Å². The van der Waals surface area contributed by atoms with Crippen LogP contribution in [-0.2, 0) is 4.79 Å². The van der Waals surface area contributed by atoms with Crippen LogP contribution < -0.4 is 15.2 Å². The highest BCUT2D eigenvalue weighted by atomic mass is 16.5. The molecule has 0 saturated heterocycles. The topological polar surface area (TPSA) is 64.8 Å². The van der Waals surface area contributed by atoms with Crippen LogP contribution >= 0.6 is 0 Å². The van der Waals surface area contributed by atoms with Gasteiger partial charge in [-0.3, -0.25) is 4.79 Å². The zero-order chi connectivity index (χ0) is 15.0. The van der Waals surface area contributed by atoms with Gasteiger partial charge in [0.25, 0.3) is 0 Å². The summed E-state index contributed by atoms with van der Waals surface area (Å²) in [6.45, 7) is 2.91. The Balaban J connectivity index is 2.42. The number of hydrogen-bond acceptors (Lipinski definition) is 4. The van der Waals surface area contributed by atoms with Crippen molar-refractivity contribution in [3.05, 3.63) is 24.3 Å². The number of hydrogen-bond donors (Lipinski definition) is 1. The quantitative estimate of drug-likeness (QED) is 0.786. The van der Waals surface area contributed by atoms with Crippen LogP contribution in [0.25, 0.3) is 0 Å². The Morgan fingerprint density at radius 1 is 1.35 bits per heavy atom. The van der Waals surface area contributed by atoms with Gasteiger partial charge in [0.15, 0.2) is 11.5 Å². The van der Waals surface area contributed by atoms with Crippen LogP contribution in [0.15, 0.2) is 24.3 Å². The molecule has 1 rings (SSSR count). The number of likely N-dealkylation sites (N-methyl/N-ethyl adjacent to an activating group) is 1. The number of amides is 1. The first-order chi connectivity index (χ1) is 9.60. The molecule has 2 N–H and O–H groups in total. The molecule has 1 unspecified atom stereocenters. The van der Waals surface area contributed by atoms with E-state index in [-0.39, 0.29) is 5.91 Å². The van der Waals surface area contributed by atoms with Crippen molar-refractivity contribution in [3.8, 4) is 11.5 Å². The van der Waals surface area contributed by atoms with E-state index in [0.29, 0.717) is 31.1 Å². The second-order valence-electron chi connectivity index (χ2n) is 4.65. The fourth-order valence-electron chi connectivity index (χ4n) is 1.86. The Morgan fingerprint density at radius 3 is 2.60 bits per heavy atom. The number of ether oxygens (including phenoxy) is 2. The first kappa shape index (κ1) is 16.3. The number of carbonyl (C=O) groups is 1. The predicted octanol–water partition coefficient (Wildman–Crippen LogP) is 1.66. The summed E-state index contributed by atoms with van der Waals surface area (Å²) < 4.78 is 10.8. The van der Waals surface area contributed by atoms with E-state index in [0.717, 1.165) is 6.42 Å². The lowest BCUT2D eigenvalue weighted by Gasteiger charge is -2.21. The number of para-hydroxylation sites is 2. The Morgan fingerprint density at radius 2 is 2.00 bits per heavy atom. The monoisotopic (exact) mass is 280 g/mol. The van der Waals surface area contributed by atoms with E-state index in [2.05, 4.69) is 0 Å². The largest absolute Gasteiger partial charge is 0.493 e. The Labute approximate surface area is 120 Å². The number of nitrogens with two attached hydrogens (primary N) is 1. The van der Waals surface area contributed by atoms with Gasteiger partial charge in [0.05, 0.1) is 19.7 Å². The molecule has 20 heavy (non-hydrogen) atoms. The van der Waals surface area contributed by atoms with E-state index in [1.54, 1.807) is 19.1 Å². The minimum atomic E-state index is -0.420. The summed E-state index contributed by atoms with van der Waals surface area (Å²) in [4.78, 5) is 13.5. The first-order valence-corrected chi connectivity index (χ1v) is 6.86. The average molecular weight is 280 g/mol. The van der Waals surface area contributed by atoms with Gasteiger partial charge in [-0.1, -0.05) is 25.5 Å². The van der Waals surface area contributed by atoms with Crippen LogP contribution in [-0.4, -0.2) is 44.2 Å². The van der Waals surface area contributed by atoms with Crippen molar-refractivity contribution in [1.82, 2.24) is 4.90 Å². The Bertz CT molecular complexity index is 423. The SMILES string of the molecule is CCCC(N)C(=O)N(C)CCOc1ccccc1OC. The highest BCUT2D eigenvalue weighted by Gasteiger charge is 2.16. The lowest BCUT2D eigenvalue weighted by Crippen LogP contribution is -2.43. The molecule has 0 aliphatic heterocycles. The normalized spacial score (nSPS) is 11.8. The predicted molar refractivity (Wildman–Crippen MR) is 79.0 cm³/mol. The summed E-state index contributed by atoms with van der Waals surface area (Å²) >= 11 is 0. The van der Waals surface area contributed by atoms with E-state index in [1.165, 1.54) is 0 Å². The smallest absolute Gasteiger partial charge is 0.239 e. The van der Waals surface area contributed by atoms with Crippen LogP contribution in [0.4, 0.5) is 0 Å². The maximum absolute atomic E-state index is 11.9. The Hall–Kier alpha value is -1.75. The average Bonchev–Trinajstić information content (AvgIpc) is 2.47. The highest BCUT2D eigenvalue weighted by Crippen LogP contribution is 2.25. The molecule has 0 aromatic heterocycles. The first-order valence-electron chi connectivity index (χ1n) is 6.86. The minimum Gasteiger partial charge on any atom is -0.493 e. The molecular formula is C15H24N2O3. The van der Waals surface area contributed by atoms with E-state index in [9.17, 15) is 4.79 Å². The second kappa shape index (κ2) is 8.43. The van der Waals surface area contributed by atoms with Gasteiger partial charge in [0.1, 0.15) is 6.61 Å². The fourth-order valence-corrected chi connectivity index (χ4v) is 1.86. The Kier molecular flexibility index (Phi) is 6.87. The molecule has 0 heterocycles. The second-order valence-corrected chi connectivity index (χ2v) is 4.65. The molecule has 112 valence electrons. The molecule has 0 aliphatic carbocycles. The zero-order valence-electron chi connectivity index (χ0n) is 12.5. The number of nitrogens with zero attached hydrogens (tertiary/aromatic N) is 1. The van der Waals surface area contributed by atoms with Crippen molar-refractivity contribution in [2.75, 3.05) is 27.3 Å². The van der Waals surface area contributed by atoms with Crippen LogP contribution in [0.5, 0.6) is 11.5 Å². The van der Waals surface area contributed by atoms with Crippen molar-refractivity contribution in [2.45, 2.75) is 25.8 Å². The van der Waals surface area contributed by atoms with E-state index < -0.39 is 6.04 Å². The van der Waals surface area contributed by atoms with E-state index in [1.807, 2.05) is 31.2 Å². The molecule has 5 nitrogen and oxygen atoms in total. The number of carbonyl (C=O) groups excluding carboxylic acids is 1. The van der Waals surface area contributed by atoms with Gasteiger partial charge in [-0.2, -0.15) is 0 Å². The van der Waals surface area contributed by atoms with Gasteiger partial charge in [-0.05, 0) is 18.6 Å². The van der Waals surface area contributed by atoms with Gasteiger partial charge >= 0.3 is 0 Å². The van der Waals surface area contributed by atoms with Crippen molar-refractivity contribution < 1.29 is 14.3 Å². The zero-order valence-corrected chi connectivity index (χ0v) is 12.5. The van der Waals surface area contributed by atoms with Gasteiger partial charge in [0.2, 0.25) is 5.91 Å². The van der Waals surface area contributed by atoms with Crippen molar-refractivity contribution in [1.29, 1.82) is 0 Å². The fraction of sp³-hybridized carbons (Fsp3) is 0.533. The van der Waals surface area contributed by atoms with Crippen LogP contribution in [0.2, 0.25) is 0 Å². The third-order valence-electron chi connectivity index (χ3n) is 3.05. The molecule has 0 aliphatic rings. The molecule has 1 aromatic carbocycles. The highest BCUT2D eigenvalue weighted by molar-refractivity contribution is 5.81. The summed E-state index contributed by atoms with van der Waals surface area (Å²) in [7, 11) is 3.34. The number of benzene rings is 1. The maximum atomic E-state index is 11.9. The minimum absolute atomic E-state index is 0.0459. The maximum Gasteiger partial charge on any atom is 0.239 e. The van der Waals surface area contributed by atoms with Gasteiger partial charge in [0, 0.05) is 7.05 Å². The molecule has 1 atom stereocenters. The summed E-state index contributed by atoms with van der Waals surface area (Å²) in [6, 6.07) is 7.01. The summed E-state index contributed by atoms with van der Waals surface area (Å²) in [5.74, 6) is 1.31. The third-order valence-corrected chi connectivity index (χ3v) is 3.05. The molecule has 0 saturated carbocycles. The molecule has 0 fully saturated rings. The number of methoxy groups -OCH3 is 1. The van der Waals surface area contributed by atoms with Crippen molar-refractivity contribution >= 4 is 5.91 Å². The van der Waals surface area contributed by atoms with Gasteiger partial charge < -0.3 is 20.1 Å². The lowest BCUT2D eigenvalue weighted by atomic mass is 10.1. The van der Waals surface area contributed by atoms with E-state index >= 15 is 0 Å². The molecule has 0 spiro atoms. The number of rotatable bonds is 8. The van der Waals surface area contributed by atoms with Crippen LogP contribution in [0.1, 0.15) is 19.8 Å². The molecule has 1 amide bonds. The lowest BCUT2D eigenvalue weighted by molar-refractivity contribution is -0.131. The third kappa shape index (κ3) is 4.74. The summed E-state index contributed by atoms with van der Waals surface area (Å²) in [6.07, 6.45) is 1.61. The van der Waals surface area contributed by atoms with Gasteiger partial charge in [-0.15, -0.1) is 0 Å². The van der Waals surface area contributed by atoms with Crippen molar-refractivity contribution in [3.63, 3.8) is 0 Å². The standard InChI is InChI=1S/C15H24N2O3/c1-4-7-12(16)15(18)17(2)10-11-20-14-9-6-5-8-13(14)19-3/h5-6,8-9,12H,4,7,10-11,16H2,1-3H3. The van der Waals surface area contributed by atoms with Crippen LogP contribution in [0.3, 0.4) is 0 Å². The molecule has 1 aromatic rings. The molecular weight excluding hydrogens is 256 g/mol. The summed E-state index contributed by atoms with van der Waals surface area (Å²) in [5.41, 5.74) is 5.81. The molecule has 0 bridgehead atoms. The summed E-state index contributed by atoms with van der Waals surface area (Å²) in [5, 5.41) is 0. The molecule has 5 heteroatoms. The molecule has 0 radical (unpaired) electrons. The van der Waals surface area contributed by atoms with Gasteiger partial charge in [-0.25, -0.2) is 0 Å².